The number of nitrogens with zero attached hydrogens (tertiary/aromatic N) is 1. The molecule has 1 saturated carbocycles. The van der Waals surface area contributed by atoms with E-state index in [2.05, 4.69) is 5.32 Å². The molecule has 1 aliphatic carbocycles. The van der Waals surface area contributed by atoms with E-state index in [1.807, 2.05) is 49.4 Å². The van der Waals surface area contributed by atoms with Crippen molar-refractivity contribution in [2.75, 3.05) is 14.2 Å². The number of carbonyl (C=O) groups is 2. The van der Waals surface area contributed by atoms with Gasteiger partial charge in [-0.15, -0.1) is 0 Å². The summed E-state index contributed by atoms with van der Waals surface area (Å²) >= 11 is 6.43. The fourth-order valence-electron chi connectivity index (χ4n) is 4.70. The maximum atomic E-state index is 13.6. The average molecular weight is 501 g/mol. The molecule has 1 atom stereocenters. The lowest BCUT2D eigenvalue weighted by molar-refractivity contribution is -0.141. The van der Waals surface area contributed by atoms with Crippen LogP contribution in [-0.4, -0.2) is 43.0 Å². The van der Waals surface area contributed by atoms with Crippen molar-refractivity contribution < 1.29 is 19.1 Å². The molecule has 0 radical (unpaired) electrons. The second kappa shape index (κ2) is 13.4. The molecular formula is C28H37ClN2O4. The fourth-order valence-corrected chi connectivity index (χ4v) is 4.90. The zero-order chi connectivity index (χ0) is 25.2. The number of hydrogen-bond donors (Lipinski definition) is 1. The highest BCUT2D eigenvalue weighted by Crippen LogP contribution is 2.28. The van der Waals surface area contributed by atoms with Crippen LogP contribution in [0.5, 0.6) is 11.5 Å². The second-order valence-electron chi connectivity index (χ2n) is 9.07. The molecule has 1 unspecified atom stereocenters. The van der Waals surface area contributed by atoms with E-state index in [1.165, 1.54) is 6.42 Å². The number of methoxy groups -OCH3 is 2. The van der Waals surface area contributed by atoms with Gasteiger partial charge < -0.3 is 19.7 Å². The van der Waals surface area contributed by atoms with E-state index in [4.69, 9.17) is 21.1 Å². The van der Waals surface area contributed by atoms with E-state index >= 15 is 0 Å². The van der Waals surface area contributed by atoms with Crippen LogP contribution < -0.4 is 14.8 Å². The van der Waals surface area contributed by atoms with Gasteiger partial charge in [-0.2, -0.15) is 0 Å². The van der Waals surface area contributed by atoms with Gasteiger partial charge in [-0.1, -0.05) is 62.1 Å². The first kappa shape index (κ1) is 26.9. The number of halogens is 1. The minimum atomic E-state index is -0.550. The van der Waals surface area contributed by atoms with Crippen LogP contribution in [0.25, 0.3) is 0 Å². The van der Waals surface area contributed by atoms with Crippen LogP contribution in [0.15, 0.2) is 42.5 Å². The van der Waals surface area contributed by atoms with E-state index in [0.29, 0.717) is 35.9 Å². The molecule has 0 bridgehead atoms. The molecule has 2 amide bonds. The number of nitrogens with one attached hydrogen (secondary N) is 1. The Labute approximate surface area is 213 Å². The predicted octanol–water partition coefficient (Wildman–Crippen LogP) is 5.55. The van der Waals surface area contributed by atoms with E-state index in [0.717, 1.165) is 36.8 Å². The van der Waals surface area contributed by atoms with E-state index in [1.54, 1.807) is 19.1 Å². The maximum absolute atomic E-state index is 13.6. The van der Waals surface area contributed by atoms with Crippen LogP contribution in [0.1, 0.15) is 63.0 Å². The molecule has 0 aliphatic heterocycles. The molecule has 0 heterocycles. The van der Waals surface area contributed by atoms with Crippen LogP contribution in [0, 0.1) is 0 Å². The van der Waals surface area contributed by atoms with Gasteiger partial charge in [-0.05, 0) is 55.0 Å². The number of ether oxygens (including phenoxy) is 2. The average Bonchev–Trinajstić information content (AvgIpc) is 2.88. The highest BCUT2D eigenvalue weighted by molar-refractivity contribution is 6.31. The molecule has 0 saturated heterocycles. The smallest absolute Gasteiger partial charge is 0.243 e. The van der Waals surface area contributed by atoms with Crippen LogP contribution in [0.3, 0.4) is 0 Å². The van der Waals surface area contributed by atoms with Crippen molar-refractivity contribution >= 4 is 23.4 Å². The number of amides is 2. The minimum Gasteiger partial charge on any atom is -0.493 e. The van der Waals surface area contributed by atoms with Crippen molar-refractivity contribution in [1.29, 1.82) is 0 Å². The molecule has 1 fully saturated rings. The molecule has 3 rings (SSSR count). The van der Waals surface area contributed by atoms with Crippen LogP contribution >= 0.6 is 11.6 Å². The van der Waals surface area contributed by atoms with Gasteiger partial charge in [-0.25, -0.2) is 0 Å². The van der Waals surface area contributed by atoms with Gasteiger partial charge in [0.25, 0.3) is 0 Å². The molecule has 35 heavy (non-hydrogen) atoms. The van der Waals surface area contributed by atoms with E-state index in [9.17, 15) is 9.59 Å². The Hall–Kier alpha value is -2.73. The summed E-state index contributed by atoms with van der Waals surface area (Å²) in [4.78, 5) is 28.6. The second-order valence-corrected chi connectivity index (χ2v) is 9.48. The first-order chi connectivity index (χ1) is 17.0. The first-order valence-electron chi connectivity index (χ1n) is 12.5. The van der Waals surface area contributed by atoms with Gasteiger partial charge in [0, 0.05) is 24.0 Å². The molecule has 7 heteroatoms. The molecule has 2 aromatic rings. The van der Waals surface area contributed by atoms with Crippen LogP contribution in [0.4, 0.5) is 0 Å². The van der Waals surface area contributed by atoms with E-state index < -0.39 is 6.04 Å². The normalized spacial score (nSPS) is 14.7. The number of aryl methyl sites for hydroxylation is 1. The third-order valence-electron chi connectivity index (χ3n) is 6.71. The molecule has 0 spiro atoms. The zero-order valence-electron chi connectivity index (χ0n) is 21.0. The van der Waals surface area contributed by atoms with Crippen molar-refractivity contribution in [3.63, 3.8) is 0 Å². The van der Waals surface area contributed by atoms with Gasteiger partial charge in [0.05, 0.1) is 14.2 Å². The summed E-state index contributed by atoms with van der Waals surface area (Å²) in [6.07, 6.45) is 6.82. The molecule has 0 aromatic heterocycles. The number of rotatable bonds is 11. The predicted molar refractivity (Wildman–Crippen MR) is 139 cm³/mol. The molecule has 1 aliphatic rings. The summed E-state index contributed by atoms with van der Waals surface area (Å²) in [6.45, 7) is 2.24. The summed E-state index contributed by atoms with van der Waals surface area (Å²) < 4.78 is 10.7. The van der Waals surface area contributed by atoms with Gasteiger partial charge in [0.15, 0.2) is 11.5 Å². The van der Waals surface area contributed by atoms with E-state index in [-0.39, 0.29) is 24.3 Å². The molecule has 1 N–H and O–H groups in total. The Morgan fingerprint density at radius 3 is 2.43 bits per heavy atom. The quantitative estimate of drug-likeness (QED) is 0.439. The highest BCUT2D eigenvalue weighted by atomic mass is 35.5. The Bertz CT molecular complexity index is 991. The number of benzene rings is 2. The SMILES string of the molecule is CCC(C(=O)NC1CCCCC1)N(Cc1ccccc1Cl)C(=O)CCc1ccc(OC)c(OC)c1. The molecular weight excluding hydrogens is 464 g/mol. The van der Waals surface area contributed by atoms with Gasteiger partial charge >= 0.3 is 0 Å². The topological polar surface area (TPSA) is 67.9 Å². The number of carbonyl (C=O) groups excluding carboxylic acids is 2. The van der Waals surface area contributed by atoms with Crippen LogP contribution in [-0.2, 0) is 22.6 Å². The summed E-state index contributed by atoms with van der Waals surface area (Å²) in [6, 6.07) is 12.8. The van der Waals surface area contributed by atoms with Gasteiger partial charge in [-0.3, -0.25) is 9.59 Å². The molecule has 2 aromatic carbocycles. The van der Waals surface area contributed by atoms with Crippen LogP contribution in [0.2, 0.25) is 5.02 Å². The lowest BCUT2D eigenvalue weighted by Gasteiger charge is -2.33. The lowest BCUT2D eigenvalue weighted by atomic mass is 9.95. The Morgan fingerprint density at radius 2 is 1.77 bits per heavy atom. The monoisotopic (exact) mass is 500 g/mol. The maximum Gasteiger partial charge on any atom is 0.243 e. The largest absolute Gasteiger partial charge is 0.493 e. The third kappa shape index (κ3) is 7.38. The Kier molecular flexibility index (Phi) is 10.3. The summed E-state index contributed by atoms with van der Waals surface area (Å²) in [7, 11) is 3.19. The zero-order valence-corrected chi connectivity index (χ0v) is 21.8. The van der Waals surface area contributed by atoms with Crippen molar-refractivity contribution in [3.8, 4) is 11.5 Å². The minimum absolute atomic E-state index is 0.0779. The van der Waals surface area contributed by atoms with Crippen molar-refractivity contribution in [2.24, 2.45) is 0 Å². The number of hydrogen-bond acceptors (Lipinski definition) is 4. The summed E-state index contributed by atoms with van der Waals surface area (Å²) in [5, 5.41) is 3.80. The summed E-state index contributed by atoms with van der Waals surface area (Å²) in [5.74, 6) is 1.12. The van der Waals surface area contributed by atoms with Crippen molar-refractivity contribution in [2.45, 2.75) is 76.9 Å². The first-order valence-corrected chi connectivity index (χ1v) is 12.9. The van der Waals surface area contributed by atoms with Crippen molar-refractivity contribution in [3.05, 3.63) is 58.6 Å². The molecule has 190 valence electrons. The van der Waals surface area contributed by atoms with Gasteiger partial charge in [0.1, 0.15) is 6.04 Å². The standard InChI is InChI=1S/C28H37ClN2O4/c1-4-24(28(33)30-22-11-6-5-7-12-22)31(19-21-10-8-9-13-23(21)29)27(32)17-15-20-14-16-25(34-2)26(18-20)35-3/h8-10,13-14,16,18,22,24H,4-7,11-12,15,17,19H2,1-3H3,(H,30,33). The third-order valence-corrected chi connectivity index (χ3v) is 7.08. The Morgan fingerprint density at radius 1 is 1.06 bits per heavy atom. The van der Waals surface area contributed by atoms with Gasteiger partial charge in [0.2, 0.25) is 11.8 Å². The summed E-state index contributed by atoms with van der Waals surface area (Å²) in [5.41, 5.74) is 1.80. The van der Waals surface area contributed by atoms with Crippen molar-refractivity contribution in [1.82, 2.24) is 10.2 Å². The fraction of sp³-hybridized carbons (Fsp3) is 0.500. The lowest BCUT2D eigenvalue weighted by Crippen LogP contribution is -2.51. The highest BCUT2D eigenvalue weighted by Gasteiger charge is 2.30. The molecule has 6 nitrogen and oxygen atoms in total. The Balaban J connectivity index is 1.77.